The molecule has 26 heavy (non-hydrogen) atoms. The third-order valence-electron chi connectivity index (χ3n) is 7.30. The molecule has 3 atom stereocenters. The van der Waals surface area contributed by atoms with Crippen LogP contribution in [0, 0.1) is 11.8 Å². The smallest absolute Gasteiger partial charge is 0.00246 e. The molecule has 128 valence electrons. The first-order valence-corrected chi connectivity index (χ1v) is 10.1. The molecular weight excluding hydrogens is 312 g/mol. The van der Waals surface area contributed by atoms with Crippen LogP contribution in [-0.2, 0) is 11.8 Å². The van der Waals surface area contributed by atoms with Gasteiger partial charge in [0.2, 0.25) is 0 Å². The lowest BCUT2D eigenvalue weighted by molar-refractivity contribution is 0.304. The summed E-state index contributed by atoms with van der Waals surface area (Å²) in [4.78, 5) is 0. The van der Waals surface area contributed by atoms with Crippen molar-refractivity contribution < 1.29 is 0 Å². The molecule has 6 rings (SSSR count). The second-order valence-electron chi connectivity index (χ2n) is 8.60. The van der Waals surface area contributed by atoms with Crippen molar-refractivity contribution in [3.8, 4) is 11.1 Å². The Morgan fingerprint density at radius 1 is 0.885 bits per heavy atom. The highest BCUT2D eigenvalue weighted by atomic mass is 14.5. The van der Waals surface area contributed by atoms with Gasteiger partial charge in [-0.1, -0.05) is 66.7 Å². The van der Waals surface area contributed by atoms with Gasteiger partial charge >= 0.3 is 0 Å². The standard InChI is InChI=1S/C26H24/c1-2-6-19(7-3-1)23-10-4-8-20-15-21-9-5-13-26(25(21)16-24(20)23)17-18-11-12-22(26)14-18/h1-4,6-8,10-12,15-16,18,22H,5,9,13-14,17H2. The summed E-state index contributed by atoms with van der Waals surface area (Å²) in [6.07, 6.45) is 11.8. The molecule has 3 aliphatic rings. The maximum atomic E-state index is 2.58. The summed E-state index contributed by atoms with van der Waals surface area (Å²) in [7, 11) is 0. The first-order chi connectivity index (χ1) is 12.8. The fraction of sp³-hybridized carbons (Fsp3) is 0.308. The van der Waals surface area contributed by atoms with Gasteiger partial charge in [-0.25, -0.2) is 0 Å². The second-order valence-corrected chi connectivity index (χ2v) is 8.60. The Bertz CT molecular complexity index is 1030. The summed E-state index contributed by atoms with van der Waals surface area (Å²) < 4.78 is 0. The molecule has 0 heterocycles. The number of hydrogen-bond acceptors (Lipinski definition) is 0. The number of allylic oxidation sites excluding steroid dienone is 2. The number of benzene rings is 3. The summed E-state index contributed by atoms with van der Waals surface area (Å²) >= 11 is 0. The molecule has 0 saturated heterocycles. The highest BCUT2D eigenvalue weighted by Gasteiger charge is 2.50. The Hall–Kier alpha value is -2.34. The van der Waals surface area contributed by atoms with Crippen molar-refractivity contribution in [3.05, 3.63) is 83.9 Å². The Labute approximate surface area is 155 Å². The molecule has 0 heteroatoms. The molecule has 0 nitrogen and oxygen atoms in total. The van der Waals surface area contributed by atoms with Gasteiger partial charge in [-0.2, -0.15) is 0 Å². The van der Waals surface area contributed by atoms with E-state index in [4.69, 9.17) is 0 Å². The highest BCUT2D eigenvalue weighted by molar-refractivity contribution is 5.97. The molecular formula is C26H24. The SMILES string of the molecule is C1=CC2CC1CC21CCCc2cc3cccc(-c4ccccc4)c3cc21. The predicted molar refractivity (Wildman–Crippen MR) is 109 cm³/mol. The normalized spacial score (nSPS) is 28.8. The molecule has 1 saturated carbocycles. The fourth-order valence-corrected chi connectivity index (χ4v) is 6.19. The van der Waals surface area contributed by atoms with Crippen molar-refractivity contribution in [1.29, 1.82) is 0 Å². The largest absolute Gasteiger partial charge is 0.0851 e. The van der Waals surface area contributed by atoms with E-state index in [0.717, 1.165) is 11.8 Å². The minimum absolute atomic E-state index is 0.422. The van der Waals surface area contributed by atoms with Crippen LogP contribution in [0.25, 0.3) is 21.9 Å². The van der Waals surface area contributed by atoms with Gasteiger partial charge in [-0.05, 0) is 83.0 Å². The molecule has 3 aliphatic carbocycles. The maximum absolute atomic E-state index is 2.58. The van der Waals surface area contributed by atoms with Gasteiger partial charge in [-0.15, -0.1) is 0 Å². The van der Waals surface area contributed by atoms with Crippen LogP contribution in [0.3, 0.4) is 0 Å². The third-order valence-corrected chi connectivity index (χ3v) is 7.30. The summed E-state index contributed by atoms with van der Waals surface area (Å²) in [6.45, 7) is 0. The number of hydrogen-bond donors (Lipinski definition) is 0. The van der Waals surface area contributed by atoms with E-state index in [1.54, 1.807) is 11.1 Å². The second kappa shape index (κ2) is 5.33. The van der Waals surface area contributed by atoms with Gasteiger partial charge in [0.25, 0.3) is 0 Å². The predicted octanol–water partition coefficient (Wildman–Crippen LogP) is 6.68. The van der Waals surface area contributed by atoms with Crippen LogP contribution >= 0.6 is 0 Å². The Morgan fingerprint density at radius 2 is 1.81 bits per heavy atom. The topological polar surface area (TPSA) is 0 Å². The molecule has 3 aromatic rings. The van der Waals surface area contributed by atoms with Crippen molar-refractivity contribution in [2.45, 2.75) is 37.5 Å². The minimum Gasteiger partial charge on any atom is -0.0851 e. The van der Waals surface area contributed by atoms with E-state index in [9.17, 15) is 0 Å². The van der Waals surface area contributed by atoms with Crippen LogP contribution in [0.15, 0.2) is 72.8 Å². The molecule has 1 fully saturated rings. The summed E-state index contributed by atoms with van der Waals surface area (Å²) in [6, 6.07) is 22.8. The molecule has 0 radical (unpaired) electrons. The van der Waals surface area contributed by atoms with Crippen molar-refractivity contribution in [2.24, 2.45) is 11.8 Å². The lowest BCUT2D eigenvalue weighted by Crippen LogP contribution is -2.35. The van der Waals surface area contributed by atoms with E-state index in [2.05, 4.69) is 72.8 Å². The average Bonchev–Trinajstić information content (AvgIpc) is 3.29. The van der Waals surface area contributed by atoms with E-state index in [0.29, 0.717) is 5.41 Å². The minimum atomic E-state index is 0.422. The molecule has 0 N–H and O–H groups in total. The summed E-state index contributed by atoms with van der Waals surface area (Å²) in [5, 5.41) is 2.84. The van der Waals surface area contributed by atoms with Crippen LogP contribution in [-0.4, -0.2) is 0 Å². The molecule has 3 aromatic carbocycles. The van der Waals surface area contributed by atoms with Crippen LogP contribution in [0.2, 0.25) is 0 Å². The molecule has 0 amide bonds. The van der Waals surface area contributed by atoms with Gasteiger partial charge in [0.1, 0.15) is 0 Å². The van der Waals surface area contributed by atoms with E-state index < -0.39 is 0 Å². The zero-order valence-corrected chi connectivity index (χ0v) is 15.1. The van der Waals surface area contributed by atoms with E-state index >= 15 is 0 Å². The maximum Gasteiger partial charge on any atom is 0.00246 e. The summed E-state index contributed by atoms with van der Waals surface area (Å²) in [5.74, 6) is 1.60. The Balaban J connectivity index is 1.61. The molecule has 0 aromatic heterocycles. The lowest BCUT2D eigenvalue weighted by Gasteiger charge is -2.41. The zero-order chi connectivity index (χ0) is 17.1. The lowest BCUT2D eigenvalue weighted by atomic mass is 9.62. The van der Waals surface area contributed by atoms with Gasteiger partial charge in [0.05, 0.1) is 0 Å². The summed E-state index contributed by atoms with van der Waals surface area (Å²) in [5.41, 5.74) is 6.43. The van der Waals surface area contributed by atoms with Crippen molar-refractivity contribution >= 4 is 10.8 Å². The number of rotatable bonds is 1. The first-order valence-electron chi connectivity index (χ1n) is 10.1. The van der Waals surface area contributed by atoms with Crippen LogP contribution in [0.5, 0.6) is 0 Å². The zero-order valence-electron chi connectivity index (χ0n) is 15.1. The molecule has 1 spiro atoms. The monoisotopic (exact) mass is 336 g/mol. The highest BCUT2D eigenvalue weighted by Crippen LogP contribution is 2.58. The van der Waals surface area contributed by atoms with Crippen LogP contribution < -0.4 is 0 Å². The van der Waals surface area contributed by atoms with Crippen LogP contribution in [0.4, 0.5) is 0 Å². The van der Waals surface area contributed by atoms with Gasteiger partial charge < -0.3 is 0 Å². The molecule has 0 aliphatic heterocycles. The van der Waals surface area contributed by atoms with E-state index in [-0.39, 0.29) is 0 Å². The average molecular weight is 336 g/mol. The van der Waals surface area contributed by atoms with E-state index in [1.807, 2.05) is 0 Å². The molecule has 3 unspecified atom stereocenters. The van der Waals surface area contributed by atoms with Crippen molar-refractivity contribution in [2.75, 3.05) is 0 Å². The Morgan fingerprint density at radius 3 is 2.62 bits per heavy atom. The van der Waals surface area contributed by atoms with Crippen molar-refractivity contribution in [3.63, 3.8) is 0 Å². The van der Waals surface area contributed by atoms with Crippen molar-refractivity contribution in [1.82, 2.24) is 0 Å². The van der Waals surface area contributed by atoms with E-state index in [1.165, 1.54) is 54.0 Å². The van der Waals surface area contributed by atoms with Crippen LogP contribution in [0.1, 0.15) is 36.8 Å². The number of fused-ring (bicyclic) bond motifs is 6. The Kier molecular flexibility index (Phi) is 3.03. The first kappa shape index (κ1) is 14.8. The quantitative estimate of drug-likeness (QED) is 0.435. The van der Waals surface area contributed by atoms with Gasteiger partial charge in [0.15, 0.2) is 0 Å². The third kappa shape index (κ3) is 1.96. The fourth-order valence-electron chi connectivity index (χ4n) is 6.19. The van der Waals surface area contributed by atoms with Gasteiger partial charge in [0, 0.05) is 5.41 Å². The van der Waals surface area contributed by atoms with Gasteiger partial charge in [-0.3, -0.25) is 0 Å². The number of aryl methyl sites for hydroxylation is 1. The molecule has 2 bridgehead atoms.